The van der Waals surface area contributed by atoms with Crippen LogP contribution >= 0.6 is 0 Å². The molecule has 1 atom stereocenters. The van der Waals surface area contributed by atoms with Gasteiger partial charge in [0, 0.05) is 18.7 Å². The van der Waals surface area contributed by atoms with Crippen molar-refractivity contribution in [2.45, 2.75) is 66.1 Å². The molecule has 8 heteroatoms. The second kappa shape index (κ2) is 10.7. The highest BCUT2D eigenvalue weighted by Crippen LogP contribution is 2.39. The molecule has 0 amide bonds. The van der Waals surface area contributed by atoms with Crippen LogP contribution in [-0.4, -0.2) is 51.4 Å². The minimum absolute atomic E-state index is 0.243. The van der Waals surface area contributed by atoms with Crippen LogP contribution in [0, 0.1) is 12.3 Å². The van der Waals surface area contributed by atoms with Gasteiger partial charge in [0.1, 0.15) is 5.82 Å². The molecule has 0 saturated carbocycles. The van der Waals surface area contributed by atoms with Crippen LogP contribution < -0.4 is 4.90 Å². The summed E-state index contributed by atoms with van der Waals surface area (Å²) in [4.78, 5) is 25.2. The molecule has 1 saturated heterocycles. The maximum Gasteiger partial charge on any atom is 0.339 e. The highest BCUT2D eigenvalue weighted by molar-refractivity contribution is 5.80. The summed E-state index contributed by atoms with van der Waals surface area (Å²) in [7, 11) is 1.39. The Kier molecular flexibility index (Phi) is 7.40. The number of hydrogen-bond donors (Lipinski definition) is 0. The summed E-state index contributed by atoms with van der Waals surface area (Å²) in [5, 5.41) is 4.99. The topological polar surface area (TPSA) is 81.8 Å². The summed E-state index contributed by atoms with van der Waals surface area (Å²) in [6, 6.07) is 18.5. The van der Waals surface area contributed by atoms with Crippen LogP contribution in [0.2, 0.25) is 0 Å². The van der Waals surface area contributed by atoms with Crippen molar-refractivity contribution in [2.75, 3.05) is 25.1 Å². The molecule has 2 aromatic heterocycles. The van der Waals surface area contributed by atoms with Gasteiger partial charge in [-0.2, -0.15) is 9.50 Å². The van der Waals surface area contributed by atoms with Gasteiger partial charge in [0.05, 0.1) is 24.0 Å². The van der Waals surface area contributed by atoms with E-state index >= 15 is 0 Å². The molecule has 1 fully saturated rings. The number of piperidine rings is 1. The van der Waals surface area contributed by atoms with Crippen LogP contribution in [0.1, 0.15) is 64.8 Å². The van der Waals surface area contributed by atoms with E-state index in [1.54, 1.807) is 4.52 Å². The van der Waals surface area contributed by atoms with Gasteiger partial charge in [0.25, 0.3) is 5.78 Å². The Bertz CT molecular complexity index is 1510. The van der Waals surface area contributed by atoms with Gasteiger partial charge in [0.2, 0.25) is 0 Å². The molecule has 0 bridgehead atoms. The number of anilines is 1. The van der Waals surface area contributed by atoms with Crippen molar-refractivity contribution in [3.8, 4) is 22.5 Å². The second-order valence-corrected chi connectivity index (χ2v) is 12.3. The van der Waals surface area contributed by atoms with E-state index in [-0.39, 0.29) is 5.41 Å². The Balaban J connectivity index is 1.69. The number of benzene rings is 2. The fourth-order valence-electron chi connectivity index (χ4n) is 5.22. The molecule has 2 aromatic carbocycles. The predicted molar refractivity (Wildman–Crippen MR) is 157 cm³/mol. The number of hydrogen-bond acceptors (Lipinski definition) is 7. The zero-order chi connectivity index (χ0) is 28.7. The van der Waals surface area contributed by atoms with Crippen LogP contribution in [0.5, 0.6) is 0 Å². The molecular weight excluding hydrogens is 502 g/mol. The molecule has 40 heavy (non-hydrogen) atoms. The van der Waals surface area contributed by atoms with E-state index < -0.39 is 17.7 Å². The normalized spacial score (nSPS) is 16.2. The first-order chi connectivity index (χ1) is 19.0. The van der Waals surface area contributed by atoms with E-state index in [1.807, 2.05) is 58.0 Å². The Labute approximate surface area is 236 Å². The van der Waals surface area contributed by atoms with E-state index in [4.69, 9.17) is 24.5 Å². The van der Waals surface area contributed by atoms with Gasteiger partial charge in [-0.05, 0) is 63.1 Å². The van der Waals surface area contributed by atoms with E-state index in [2.05, 4.69) is 43.0 Å². The van der Waals surface area contributed by atoms with Crippen molar-refractivity contribution >= 4 is 17.6 Å². The molecule has 1 unspecified atom stereocenters. The minimum atomic E-state index is -0.958. The summed E-state index contributed by atoms with van der Waals surface area (Å²) >= 11 is 0. The zero-order valence-corrected chi connectivity index (χ0v) is 24.6. The number of carbonyl (C=O) groups is 1. The fourth-order valence-corrected chi connectivity index (χ4v) is 5.22. The van der Waals surface area contributed by atoms with E-state index in [1.165, 1.54) is 7.11 Å². The summed E-state index contributed by atoms with van der Waals surface area (Å²) in [6.07, 6.45) is 1.07. The highest BCUT2D eigenvalue weighted by atomic mass is 16.6. The zero-order valence-electron chi connectivity index (χ0n) is 24.6. The quantitative estimate of drug-likeness (QED) is 0.260. The molecule has 1 aliphatic heterocycles. The van der Waals surface area contributed by atoms with Gasteiger partial charge in [-0.1, -0.05) is 62.4 Å². The maximum absolute atomic E-state index is 13.2. The van der Waals surface area contributed by atoms with Crippen LogP contribution in [0.3, 0.4) is 0 Å². The molecule has 5 rings (SSSR count). The van der Waals surface area contributed by atoms with Gasteiger partial charge in [0.15, 0.2) is 11.9 Å². The number of fused-ring (bicyclic) bond motifs is 1. The monoisotopic (exact) mass is 541 g/mol. The predicted octanol–water partition coefficient (Wildman–Crippen LogP) is 6.42. The third kappa shape index (κ3) is 5.72. The van der Waals surface area contributed by atoms with E-state index in [0.29, 0.717) is 22.9 Å². The molecule has 210 valence electrons. The Morgan fingerprint density at radius 3 is 2.25 bits per heavy atom. The molecule has 0 N–H and O–H groups in total. The summed E-state index contributed by atoms with van der Waals surface area (Å²) < 4.78 is 13.3. The lowest BCUT2D eigenvalue weighted by Crippen LogP contribution is -2.40. The molecule has 0 spiro atoms. The first kappa shape index (κ1) is 27.8. The number of aryl methyl sites for hydroxylation is 1. The van der Waals surface area contributed by atoms with Crippen molar-refractivity contribution in [1.82, 2.24) is 19.6 Å². The van der Waals surface area contributed by atoms with Crippen LogP contribution in [0.4, 0.5) is 5.82 Å². The number of carbonyl (C=O) groups excluding carboxylic acids is 1. The average molecular weight is 542 g/mol. The van der Waals surface area contributed by atoms with E-state index in [0.717, 1.165) is 48.4 Å². The largest absolute Gasteiger partial charge is 0.467 e. The molecule has 0 aliphatic carbocycles. The average Bonchev–Trinajstić information content (AvgIpc) is 3.35. The highest BCUT2D eigenvalue weighted by Gasteiger charge is 2.37. The maximum atomic E-state index is 13.2. The molecular formula is C32H39N5O3. The fraction of sp³-hybridized carbons (Fsp3) is 0.438. The lowest BCUT2D eigenvalue weighted by molar-refractivity contribution is -0.164. The number of nitrogens with zero attached hydrogens (tertiary/aromatic N) is 5. The Hall–Kier alpha value is -3.78. The van der Waals surface area contributed by atoms with Crippen LogP contribution in [0.25, 0.3) is 28.3 Å². The van der Waals surface area contributed by atoms with Gasteiger partial charge in [-0.15, -0.1) is 5.10 Å². The van der Waals surface area contributed by atoms with Crippen molar-refractivity contribution < 1.29 is 14.3 Å². The Morgan fingerprint density at radius 1 is 0.950 bits per heavy atom. The number of ether oxygens (including phenoxy) is 2. The SMILES string of the molecule is COC(=O)C(OC(C)(C)C)c1c(C)nc2nc(-c3cccc(-c4ccccc4)c3)nn2c1N1CCC(C)(C)CC1. The molecule has 0 radical (unpaired) electrons. The number of rotatable bonds is 6. The number of aromatic nitrogens is 4. The first-order valence-corrected chi connectivity index (χ1v) is 13.9. The van der Waals surface area contributed by atoms with Crippen LogP contribution in [-0.2, 0) is 14.3 Å². The molecule has 8 nitrogen and oxygen atoms in total. The first-order valence-electron chi connectivity index (χ1n) is 13.9. The third-order valence-corrected chi connectivity index (χ3v) is 7.48. The third-order valence-electron chi connectivity index (χ3n) is 7.48. The summed E-state index contributed by atoms with van der Waals surface area (Å²) in [5.74, 6) is 1.39. The van der Waals surface area contributed by atoms with Crippen molar-refractivity contribution in [3.63, 3.8) is 0 Å². The number of esters is 1. The summed E-state index contributed by atoms with van der Waals surface area (Å²) in [6.45, 7) is 13.9. The van der Waals surface area contributed by atoms with Crippen LogP contribution in [0.15, 0.2) is 54.6 Å². The second-order valence-electron chi connectivity index (χ2n) is 12.3. The lowest BCUT2D eigenvalue weighted by atomic mass is 9.82. The minimum Gasteiger partial charge on any atom is -0.467 e. The lowest BCUT2D eigenvalue weighted by Gasteiger charge is -2.39. The molecule has 3 heterocycles. The van der Waals surface area contributed by atoms with Gasteiger partial charge in [-0.25, -0.2) is 9.78 Å². The van der Waals surface area contributed by atoms with Crippen molar-refractivity contribution in [3.05, 3.63) is 65.9 Å². The molecule has 1 aliphatic rings. The van der Waals surface area contributed by atoms with Crippen molar-refractivity contribution in [1.29, 1.82) is 0 Å². The van der Waals surface area contributed by atoms with Gasteiger partial charge >= 0.3 is 5.97 Å². The van der Waals surface area contributed by atoms with Gasteiger partial charge in [-0.3, -0.25) is 0 Å². The summed E-state index contributed by atoms with van der Waals surface area (Å²) in [5.41, 5.74) is 4.10. The molecule has 4 aromatic rings. The van der Waals surface area contributed by atoms with Gasteiger partial charge < -0.3 is 14.4 Å². The standard InChI is InChI=1S/C32H39N5O3/c1-21-25(26(29(38)39-7)40-31(2,3)4)28(36-18-16-32(5,6)17-19-36)37-30(33-21)34-27(35-37)24-15-11-14-23(20-24)22-12-9-8-10-13-22/h8-15,20,26H,16-19H2,1-7H3. The van der Waals surface area contributed by atoms with Crippen molar-refractivity contribution in [2.24, 2.45) is 5.41 Å². The Morgan fingerprint density at radius 2 is 1.60 bits per heavy atom. The van der Waals surface area contributed by atoms with E-state index in [9.17, 15) is 4.79 Å². The smallest absolute Gasteiger partial charge is 0.339 e. The number of methoxy groups -OCH3 is 1.